The van der Waals surface area contributed by atoms with E-state index in [1.54, 1.807) is 0 Å². The molecule has 1 aliphatic rings. The van der Waals surface area contributed by atoms with Gasteiger partial charge in [0.1, 0.15) is 10.7 Å². The van der Waals surface area contributed by atoms with Crippen LogP contribution in [0.4, 0.5) is 0 Å². The van der Waals surface area contributed by atoms with Gasteiger partial charge in [-0.15, -0.1) is 11.3 Å². The van der Waals surface area contributed by atoms with Crippen molar-refractivity contribution in [2.75, 3.05) is 7.05 Å². The summed E-state index contributed by atoms with van der Waals surface area (Å²) in [5.41, 5.74) is 1.47. The van der Waals surface area contributed by atoms with Crippen molar-refractivity contribution in [3.05, 3.63) is 40.4 Å². The molecule has 1 saturated carbocycles. The molecule has 0 aliphatic heterocycles. The normalized spacial score (nSPS) is 15.8. The van der Waals surface area contributed by atoms with E-state index < -0.39 is 0 Å². The summed E-state index contributed by atoms with van der Waals surface area (Å²) in [5, 5.41) is 3.33. The summed E-state index contributed by atoms with van der Waals surface area (Å²) < 4.78 is 0. The number of hydrogen-bond donors (Lipinski definition) is 0. The highest BCUT2D eigenvalue weighted by Crippen LogP contribution is 2.35. The predicted octanol–water partition coefficient (Wildman–Crippen LogP) is 4.33. The van der Waals surface area contributed by atoms with E-state index in [1.807, 2.05) is 41.6 Å². The van der Waals surface area contributed by atoms with Crippen molar-refractivity contribution in [1.29, 1.82) is 0 Å². The topological polar surface area (TPSA) is 33.2 Å². The van der Waals surface area contributed by atoms with Crippen molar-refractivity contribution in [3.63, 3.8) is 0 Å². The maximum Gasteiger partial charge on any atom is 0.273 e. The third-order valence-electron chi connectivity index (χ3n) is 4.03. The fourth-order valence-corrected chi connectivity index (χ4v) is 3.37. The minimum Gasteiger partial charge on any atom is -0.337 e. The Balaban J connectivity index is 1.79. The Morgan fingerprint density at radius 3 is 2.90 bits per heavy atom. The van der Waals surface area contributed by atoms with Crippen LogP contribution in [0.1, 0.15) is 30.3 Å². The van der Waals surface area contributed by atoms with Gasteiger partial charge < -0.3 is 4.90 Å². The smallest absolute Gasteiger partial charge is 0.273 e. The number of thiazole rings is 1. The molecule has 5 heteroatoms. The van der Waals surface area contributed by atoms with Gasteiger partial charge in [-0.3, -0.25) is 4.79 Å². The van der Waals surface area contributed by atoms with Crippen LogP contribution in [0.25, 0.3) is 10.6 Å². The number of amides is 1. The van der Waals surface area contributed by atoms with Gasteiger partial charge in [0, 0.05) is 29.1 Å². The first-order valence-electron chi connectivity index (χ1n) is 7.05. The summed E-state index contributed by atoms with van der Waals surface area (Å²) in [7, 11) is 1.86. The number of benzene rings is 1. The Kier molecular flexibility index (Phi) is 4.00. The summed E-state index contributed by atoms with van der Waals surface area (Å²) in [6.07, 6.45) is 2.45. The lowest BCUT2D eigenvalue weighted by Gasteiger charge is -2.23. The summed E-state index contributed by atoms with van der Waals surface area (Å²) in [5.74, 6) is 0.656. The molecule has 1 aromatic carbocycles. The fourth-order valence-electron chi connectivity index (χ4n) is 2.39. The Morgan fingerprint density at radius 1 is 1.48 bits per heavy atom. The van der Waals surface area contributed by atoms with Gasteiger partial charge in [-0.25, -0.2) is 4.98 Å². The van der Waals surface area contributed by atoms with Crippen LogP contribution < -0.4 is 0 Å². The second-order valence-electron chi connectivity index (χ2n) is 5.54. The van der Waals surface area contributed by atoms with Gasteiger partial charge in [0.05, 0.1) is 0 Å². The van der Waals surface area contributed by atoms with E-state index in [2.05, 4.69) is 11.9 Å². The van der Waals surface area contributed by atoms with Crippen molar-refractivity contribution in [2.45, 2.75) is 25.8 Å². The lowest BCUT2D eigenvalue weighted by molar-refractivity contribution is 0.0722. The van der Waals surface area contributed by atoms with Crippen molar-refractivity contribution in [1.82, 2.24) is 9.88 Å². The maximum absolute atomic E-state index is 12.5. The van der Waals surface area contributed by atoms with Crippen molar-refractivity contribution >= 4 is 28.8 Å². The number of nitrogens with zero attached hydrogens (tertiary/aromatic N) is 2. The highest BCUT2D eigenvalue weighted by Gasteiger charge is 2.33. The first-order chi connectivity index (χ1) is 10.1. The van der Waals surface area contributed by atoms with Crippen molar-refractivity contribution < 1.29 is 4.79 Å². The largest absolute Gasteiger partial charge is 0.337 e. The summed E-state index contributed by atoms with van der Waals surface area (Å²) in [6.45, 7) is 2.11. The number of halogens is 1. The van der Waals surface area contributed by atoms with Gasteiger partial charge in [0.25, 0.3) is 5.91 Å². The minimum absolute atomic E-state index is 0.000993. The van der Waals surface area contributed by atoms with E-state index in [-0.39, 0.29) is 11.9 Å². The average Bonchev–Trinajstić information content (AvgIpc) is 3.22. The molecular formula is C16H17ClN2OS. The van der Waals surface area contributed by atoms with Crippen molar-refractivity contribution in [3.8, 4) is 10.6 Å². The van der Waals surface area contributed by atoms with Crippen LogP contribution in [0.15, 0.2) is 29.6 Å². The monoisotopic (exact) mass is 320 g/mol. The van der Waals surface area contributed by atoms with E-state index in [9.17, 15) is 4.79 Å². The number of aromatic nitrogens is 1. The minimum atomic E-state index is -0.000993. The third kappa shape index (κ3) is 3.11. The van der Waals surface area contributed by atoms with Gasteiger partial charge in [0.2, 0.25) is 0 Å². The number of hydrogen-bond acceptors (Lipinski definition) is 3. The number of carbonyl (C=O) groups excluding carboxylic acids is 1. The predicted molar refractivity (Wildman–Crippen MR) is 86.8 cm³/mol. The molecule has 3 nitrogen and oxygen atoms in total. The van der Waals surface area contributed by atoms with Crippen LogP contribution >= 0.6 is 22.9 Å². The lowest BCUT2D eigenvalue weighted by Crippen LogP contribution is -2.36. The number of carbonyl (C=O) groups is 1. The Bertz CT molecular complexity index is 666. The lowest BCUT2D eigenvalue weighted by atomic mass is 10.2. The third-order valence-corrected chi connectivity index (χ3v) is 5.16. The molecule has 0 spiro atoms. The van der Waals surface area contributed by atoms with E-state index in [0.29, 0.717) is 16.6 Å². The molecule has 0 unspecified atom stereocenters. The van der Waals surface area contributed by atoms with Gasteiger partial charge in [-0.2, -0.15) is 0 Å². The Labute approximate surface area is 133 Å². The standard InChI is InChI=1S/C16H17ClN2OS/c1-10(11-6-7-11)19(2)16(20)14-9-21-15(18-14)12-4-3-5-13(17)8-12/h3-5,8-11H,6-7H2,1-2H3/t10-/m0/s1. The SMILES string of the molecule is C[C@@H](C1CC1)N(C)C(=O)c1csc(-c2cccc(Cl)c2)n1. The van der Waals surface area contributed by atoms with Crippen LogP contribution in [0.2, 0.25) is 5.02 Å². The molecule has 3 rings (SSSR count). The Hall–Kier alpha value is -1.39. The second-order valence-corrected chi connectivity index (χ2v) is 6.84. The molecule has 110 valence electrons. The molecular weight excluding hydrogens is 304 g/mol. The van der Waals surface area contributed by atoms with E-state index in [4.69, 9.17) is 11.6 Å². The molecule has 1 heterocycles. The van der Waals surface area contributed by atoms with Gasteiger partial charge in [0.15, 0.2) is 0 Å². The molecule has 0 radical (unpaired) electrons. The highest BCUT2D eigenvalue weighted by molar-refractivity contribution is 7.13. The van der Waals surface area contributed by atoms with Crippen LogP contribution in [0, 0.1) is 5.92 Å². The first kappa shape index (κ1) is 14.5. The molecule has 1 atom stereocenters. The second kappa shape index (κ2) is 5.78. The van der Waals surface area contributed by atoms with Gasteiger partial charge >= 0.3 is 0 Å². The molecule has 0 bridgehead atoms. The van der Waals surface area contributed by atoms with Gasteiger partial charge in [-0.05, 0) is 37.8 Å². The zero-order valence-electron chi connectivity index (χ0n) is 12.0. The summed E-state index contributed by atoms with van der Waals surface area (Å²) >= 11 is 7.48. The molecule has 21 heavy (non-hydrogen) atoms. The molecule has 0 saturated heterocycles. The molecule has 1 aliphatic carbocycles. The van der Waals surface area contributed by atoms with E-state index >= 15 is 0 Å². The van der Waals surface area contributed by atoms with Crippen LogP contribution in [-0.2, 0) is 0 Å². The number of rotatable bonds is 4. The molecule has 1 fully saturated rings. The van der Waals surface area contributed by atoms with Gasteiger partial charge in [-0.1, -0.05) is 23.7 Å². The van der Waals surface area contributed by atoms with Crippen molar-refractivity contribution in [2.24, 2.45) is 5.92 Å². The fraction of sp³-hybridized carbons (Fsp3) is 0.375. The van der Waals surface area contributed by atoms with Crippen LogP contribution in [0.3, 0.4) is 0 Å². The summed E-state index contributed by atoms with van der Waals surface area (Å²) in [4.78, 5) is 18.8. The van der Waals surface area contributed by atoms with E-state index in [1.165, 1.54) is 24.2 Å². The average molecular weight is 321 g/mol. The van der Waals surface area contributed by atoms with Crippen LogP contribution in [0.5, 0.6) is 0 Å². The molecule has 2 aromatic rings. The molecule has 1 amide bonds. The first-order valence-corrected chi connectivity index (χ1v) is 8.30. The molecule has 1 aromatic heterocycles. The summed E-state index contributed by atoms with van der Waals surface area (Å²) in [6, 6.07) is 7.83. The quantitative estimate of drug-likeness (QED) is 0.840. The van der Waals surface area contributed by atoms with Crippen LogP contribution in [-0.4, -0.2) is 28.9 Å². The maximum atomic E-state index is 12.5. The molecule has 0 N–H and O–H groups in total. The van der Waals surface area contributed by atoms with E-state index in [0.717, 1.165) is 10.6 Å². The zero-order chi connectivity index (χ0) is 15.0. The highest BCUT2D eigenvalue weighted by atomic mass is 35.5. The zero-order valence-corrected chi connectivity index (χ0v) is 13.6. The Morgan fingerprint density at radius 2 is 2.24 bits per heavy atom.